The van der Waals surface area contributed by atoms with Crippen LogP contribution in [0.25, 0.3) is 24.1 Å². The van der Waals surface area contributed by atoms with Gasteiger partial charge in [0.05, 0.1) is 16.9 Å². The van der Waals surface area contributed by atoms with Gasteiger partial charge in [-0.3, -0.25) is 0 Å². The topological polar surface area (TPSA) is 95.8 Å². The van der Waals surface area contributed by atoms with Crippen LogP contribution in [0.4, 0.5) is 5.82 Å². The zero-order valence-corrected chi connectivity index (χ0v) is 13.9. The summed E-state index contributed by atoms with van der Waals surface area (Å²) < 4.78 is 3.75. The highest BCUT2D eigenvalue weighted by atomic mass is 16.1. The van der Waals surface area contributed by atoms with Gasteiger partial charge < -0.3 is 19.9 Å². The second-order valence-electron chi connectivity index (χ2n) is 6.46. The average Bonchev–Trinajstić information content (AvgIpc) is 3.01. The number of nitrogens with one attached hydrogen (secondary N) is 3. The summed E-state index contributed by atoms with van der Waals surface area (Å²) in [6, 6.07) is 6.40. The van der Waals surface area contributed by atoms with E-state index in [1.165, 1.54) is 12.8 Å². The molecule has 130 valence electrons. The van der Waals surface area contributed by atoms with E-state index >= 15 is 0 Å². The first-order valence-electron chi connectivity index (χ1n) is 8.45. The fourth-order valence-electron chi connectivity index (χ4n) is 2.94. The van der Waals surface area contributed by atoms with Gasteiger partial charge >= 0.3 is 5.69 Å². The zero-order valence-electron chi connectivity index (χ0n) is 13.9. The quantitative estimate of drug-likeness (QED) is 0.496. The molecule has 0 amide bonds. The van der Waals surface area contributed by atoms with E-state index in [0.29, 0.717) is 22.4 Å². The number of aromatic nitrogens is 6. The Hall–Kier alpha value is -3.55. The Morgan fingerprint density at radius 2 is 2.08 bits per heavy atom. The molecule has 8 nitrogen and oxygen atoms in total. The molecule has 5 rings (SSSR count). The van der Waals surface area contributed by atoms with Gasteiger partial charge in [-0.15, -0.1) is 0 Å². The molecular weight excluding hydrogens is 330 g/mol. The third-order valence-electron chi connectivity index (χ3n) is 4.42. The highest BCUT2D eigenvalue weighted by Crippen LogP contribution is 2.26. The molecule has 1 aliphatic carbocycles. The van der Waals surface area contributed by atoms with Gasteiger partial charge in [-0.25, -0.2) is 9.78 Å². The molecule has 0 aliphatic heterocycles. The number of imidazole rings is 1. The summed E-state index contributed by atoms with van der Waals surface area (Å²) in [6.07, 6.45) is 9.81. The average molecular weight is 347 g/mol. The minimum Gasteiger partial charge on any atom is -0.367 e. The fourth-order valence-corrected chi connectivity index (χ4v) is 2.94. The lowest BCUT2D eigenvalue weighted by Gasteiger charge is -2.10. The molecule has 8 heteroatoms. The Kier molecular flexibility index (Phi) is 3.11. The third-order valence-corrected chi connectivity index (χ3v) is 4.42. The predicted octanol–water partition coefficient (Wildman–Crippen LogP) is 0.350. The number of hydrogen-bond acceptors (Lipinski definition) is 4. The van der Waals surface area contributed by atoms with Crippen molar-refractivity contribution < 1.29 is 0 Å². The van der Waals surface area contributed by atoms with Gasteiger partial charge in [-0.05, 0) is 31.1 Å². The molecule has 4 heterocycles. The van der Waals surface area contributed by atoms with Crippen molar-refractivity contribution in [2.24, 2.45) is 0 Å². The lowest BCUT2D eigenvalue weighted by atomic mass is 10.3. The van der Waals surface area contributed by atoms with Crippen LogP contribution in [0.5, 0.6) is 0 Å². The lowest BCUT2D eigenvalue weighted by Crippen LogP contribution is -2.22. The summed E-state index contributed by atoms with van der Waals surface area (Å²) in [4.78, 5) is 21.6. The molecule has 0 spiro atoms. The Balaban J connectivity index is 1.74. The van der Waals surface area contributed by atoms with Crippen molar-refractivity contribution in [1.29, 1.82) is 0 Å². The van der Waals surface area contributed by atoms with E-state index < -0.39 is 0 Å². The summed E-state index contributed by atoms with van der Waals surface area (Å²) in [6.45, 7) is 3.84. The highest BCUT2D eigenvalue weighted by molar-refractivity contribution is 5.68. The molecule has 0 unspecified atom stereocenters. The van der Waals surface area contributed by atoms with E-state index in [9.17, 15) is 4.79 Å². The monoisotopic (exact) mass is 347 g/mol. The number of rotatable bonds is 4. The van der Waals surface area contributed by atoms with Gasteiger partial charge in [0.1, 0.15) is 11.6 Å². The van der Waals surface area contributed by atoms with Crippen LogP contribution in [-0.2, 0) is 0 Å². The first kappa shape index (κ1) is 14.8. The standard InChI is InChI=1S/C18H17N7O/c1-11-14(22-18(26)20-11)8-12-10-19-25-16(21-13-4-5-13)9-15(23-17(12)25)24-6-2-3-7-24/h2-3,6-10,13,21H,1,4-5H2,(H2,20,22,26)/b14-8-. The molecule has 26 heavy (non-hydrogen) atoms. The van der Waals surface area contributed by atoms with Crippen LogP contribution >= 0.6 is 0 Å². The van der Waals surface area contributed by atoms with Crippen LogP contribution in [0.2, 0.25) is 0 Å². The molecule has 0 aromatic carbocycles. The van der Waals surface area contributed by atoms with Crippen molar-refractivity contribution in [1.82, 2.24) is 29.1 Å². The maximum absolute atomic E-state index is 11.5. The number of hydrogen-bond donors (Lipinski definition) is 3. The van der Waals surface area contributed by atoms with Gasteiger partial charge in [-0.1, -0.05) is 6.58 Å². The second kappa shape index (κ2) is 5.48. The SMILES string of the molecule is C=c1[nH]c(=O)[nH]/c1=C\c1cnn2c(NC3CC3)cc(-n3cccc3)nc12. The van der Waals surface area contributed by atoms with Crippen molar-refractivity contribution >= 4 is 24.1 Å². The maximum Gasteiger partial charge on any atom is 0.323 e. The van der Waals surface area contributed by atoms with Crippen LogP contribution in [0.1, 0.15) is 18.4 Å². The molecular formula is C18H17N7O. The van der Waals surface area contributed by atoms with Crippen LogP contribution < -0.4 is 21.7 Å². The van der Waals surface area contributed by atoms with Crippen LogP contribution in [0, 0.1) is 0 Å². The molecule has 1 aliphatic rings. The maximum atomic E-state index is 11.5. The molecule has 0 bridgehead atoms. The van der Waals surface area contributed by atoms with Crippen molar-refractivity contribution in [3.8, 4) is 5.82 Å². The summed E-state index contributed by atoms with van der Waals surface area (Å²) in [7, 11) is 0. The second-order valence-corrected chi connectivity index (χ2v) is 6.46. The van der Waals surface area contributed by atoms with Gasteiger partial charge in [0.15, 0.2) is 5.65 Å². The van der Waals surface area contributed by atoms with Crippen LogP contribution in [0.3, 0.4) is 0 Å². The van der Waals surface area contributed by atoms with Crippen molar-refractivity contribution in [3.63, 3.8) is 0 Å². The Labute approximate surface area is 147 Å². The summed E-state index contributed by atoms with van der Waals surface area (Å²) in [5.74, 6) is 1.71. The van der Waals surface area contributed by atoms with Crippen molar-refractivity contribution in [3.05, 3.63) is 63.5 Å². The number of nitrogens with zero attached hydrogens (tertiary/aromatic N) is 4. The van der Waals surface area contributed by atoms with E-state index in [-0.39, 0.29) is 5.69 Å². The minimum absolute atomic E-state index is 0.283. The van der Waals surface area contributed by atoms with Crippen LogP contribution in [0.15, 0.2) is 41.6 Å². The summed E-state index contributed by atoms with van der Waals surface area (Å²) in [5.41, 5.74) is 1.23. The number of H-pyrrole nitrogens is 2. The minimum atomic E-state index is -0.283. The van der Waals surface area contributed by atoms with E-state index in [1.807, 2.05) is 41.2 Å². The van der Waals surface area contributed by atoms with Crippen LogP contribution in [-0.4, -0.2) is 35.2 Å². The first-order chi connectivity index (χ1) is 12.7. The molecule has 0 radical (unpaired) electrons. The number of anilines is 1. The predicted molar refractivity (Wildman–Crippen MR) is 98.7 cm³/mol. The fraction of sp³-hybridized carbons (Fsp3) is 0.167. The Morgan fingerprint density at radius 3 is 2.77 bits per heavy atom. The first-order valence-corrected chi connectivity index (χ1v) is 8.45. The lowest BCUT2D eigenvalue weighted by molar-refractivity contribution is 0.902. The molecule has 1 fully saturated rings. The molecule has 4 aromatic rings. The smallest absolute Gasteiger partial charge is 0.323 e. The van der Waals surface area contributed by atoms with Crippen molar-refractivity contribution in [2.45, 2.75) is 18.9 Å². The van der Waals surface area contributed by atoms with Gasteiger partial charge in [0.25, 0.3) is 0 Å². The number of fused-ring (bicyclic) bond motifs is 1. The molecule has 1 saturated carbocycles. The zero-order chi connectivity index (χ0) is 17.7. The van der Waals surface area contributed by atoms with Gasteiger partial charge in [0.2, 0.25) is 0 Å². The molecule has 4 aromatic heterocycles. The highest BCUT2D eigenvalue weighted by Gasteiger charge is 2.23. The Morgan fingerprint density at radius 1 is 1.27 bits per heavy atom. The number of aromatic amines is 2. The largest absolute Gasteiger partial charge is 0.367 e. The van der Waals surface area contributed by atoms with E-state index in [1.54, 1.807) is 10.7 Å². The summed E-state index contributed by atoms with van der Waals surface area (Å²) in [5, 5.41) is 9.15. The van der Waals surface area contributed by atoms with Gasteiger partial charge in [0, 0.05) is 30.1 Å². The third kappa shape index (κ3) is 2.52. The summed E-state index contributed by atoms with van der Waals surface area (Å²) >= 11 is 0. The molecule has 0 saturated heterocycles. The molecule has 3 N–H and O–H groups in total. The van der Waals surface area contributed by atoms with E-state index in [0.717, 1.165) is 17.2 Å². The van der Waals surface area contributed by atoms with E-state index in [2.05, 4.69) is 27.0 Å². The normalized spacial score (nSPS) is 15.0. The Bertz CT molecular complexity index is 1260. The van der Waals surface area contributed by atoms with Gasteiger partial charge in [-0.2, -0.15) is 9.61 Å². The molecule has 0 atom stereocenters. The van der Waals surface area contributed by atoms with E-state index in [4.69, 9.17) is 4.98 Å². The van der Waals surface area contributed by atoms with Crippen molar-refractivity contribution in [2.75, 3.05) is 5.32 Å².